The first-order valence-electron chi connectivity index (χ1n) is 6.19. The lowest BCUT2D eigenvalue weighted by Gasteiger charge is -2.31. The van der Waals surface area contributed by atoms with Crippen molar-refractivity contribution in [3.8, 4) is 5.75 Å². The van der Waals surface area contributed by atoms with Crippen molar-refractivity contribution in [2.24, 2.45) is 0 Å². The quantitative estimate of drug-likeness (QED) is 0.648. The molecule has 1 aromatic rings. The number of aliphatic hydroxyl groups is 1. The van der Waals surface area contributed by atoms with Crippen LogP contribution in [0.3, 0.4) is 0 Å². The van der Waals surface area contributed by atoms with Gasteiger partial charge < -0.3 is 19.9 Å². The standard InChI is InChI=1S/C13H15F3N2O5/c1-12(21,10(19)22-3)18(2)11(20)17-8-4-6-9(7-5-8)23-13(14,15)16/h4-7,21H,1-3H3,(H,17,20). The zero-order valence-corrected chi connectivity index (χ0v) is 12.5. The van der Waals surface area contributed by atoms with Crippen molar-refractivity contribution in [1.29, 1.82) is 0 Å². The molecule has 0 heterocycles. The topological polar surface area (TPSA) is 88.1 Å². The number of hydrogen-bond donors (Lipinski definition) is 2. The summed E-state index contributed by atoms with van der Waals surface area (Å²) in [5.74, 6) is -1.51. The van der Waals surface area contributed by atoms with Crippen molar-refractivity contribution in [2.45, 2.75) is 19.0 Å². The smallest absolute Gasteiger partial charge is 0.465 e. The number of anilines is 1. The summed E-state index contributed by atoms with van der Waals surface area (Å²) in [6, 6.07) is 3.47. The lowest BCUT2D eigenvalue weighted by molar-refractivity contribution is -0.274. The van der Waals surface area contributed by atoms with Gasteiger partial charge in [0.25, 0.3) is 0 Å². The number of methoxy groups -OCH3 is 1. The predicted molar refractivity (Wildman–Crippen MR) is 72.5 cm³/mol. The molecular formula is C13H15F3N2O5. The van der Waals surface area contributed by atoms with Gasteiger partial charge in [0.15, 0.2) is 0 Å². The molecule has 10 heteroatoms. The summed E-state index contributed by atoms with van der Waals surface area (Å²) in [6.07, 6.45) is -4.82. The number of halogens is 3. The summed E-state index contributed by atoms with van der Waals surface area (Å²) >= 11 is 0. The average Bonchev–Trinajstić information content (AvgIpc) is 2.45. The summed E-state index contributed by atoms with van der Waals surface area (Å²) in [4.78, 5) is 24.0. The Morgan fingerprint density at radius 1 is 1.22 bits per heavy atom. The predicted octanol–water partition coefficient (Wildman–Crippen LogP) is 1.93. The Balaban J connectivity index is 2.76. The minimum Gasteiger partial charge on any atom is -0.465 e. The first-order chi connectivity index (χ1) is 10.5. The van der Waals surface area contributed by atoms with E-state index in [2.05, 4.69) is 14.8 Å². The van der Waals surface area contributed by atoms with Crippen molar-refractivity contribution in [1.82, 2.24) is 4.90 Å². The van der Waals surface area contributed by atoms with Gasteiger partial charge in [-0.25, -0.2) is 9.59 Å². The normalized spacial score (nSPS) is 13.7. The summed E-state index contributed by atoms with van der Waals surface area (Å²) in [6.45, 7) is 1.05. The van der Waals surface area contributed by atoms with E-state index in [1.165, 1.54) is 12.1 Å². The molecule has 1 unspecified atom stereocenters. The number of rotatable bonds is 4. The van der Waals surface area contributed by atoms with Gasteiger partial charge in [-0.2, -0.15) is 0 Å². The van der Waals surface area contributed by atoms with Gasteiger partial charge in [-0.3, -0.25) is 4.90 Å². The Hall–Kier alpha value is -2.49. The van der Waals surface area contributed by atoms with Gasteiger partial charge in [-0.05, 0) is 31.2 Å². The third kappa shape index (κ3) is 5.02. The van der Waals surface area contributed by atoms with Crippen LogP contribution >= 0.6 is 0 Å². The molecule has 0 aliphatic rings. The van der Waals surface area contributed by atoms with E-state index in [0.29, 0.717) is 4.90 Å². The first-order valence-corrected chi connectivity index (χ1v) is 6.19. The maximum Gasteiger partial charge on any atom is 0.573 e. The van der Waals surface area contributed by atoms with Gasteiger partial charge in [0.2, 0.25) is 5.72 Å². The van der Waals surface area contributed by atoms with Crippen LogP contribution in [0.1, 0.15) is 6.92 Å². The van der Waals surface area contributed by atoms with Gasteiger partial charge >= 0.3 is 18.4 Å². The fourth-order valence-electron chi connectivity index (χ4n) is 1.48. The van der Waals surface area contributed by atoms with Crippen LogP contribution in [-0.2, 0) is 9.53 Å². The van der Waals surface area contributed by atoms with E-state index in [0.717, 1.165) is 33.2 Å². The molecule has 0 bridgehead atoms. The van der Waals surface area contributed by atoms with Gasteiger partial charge in [0.1, 0.15) is 5.75 Å². The van der Waals surface area contributed by atoms with E-state index in [1.54, 1.807) is 0 Å². The van der Waals surface area contributed by atoms with Gasteiger partial charge in [-0.15, -0.1) is 13.2 Å². The maximum absolute atomic E-state index is 12.0. The van der Waals surface area contributed by atoms with E-state index >= 15 is 0 Å². The van der Waals surface area contributed by atoms with Gasteiger partial charge in [-0.1, -0.05) is 0 Å². The number of nitrogens with one attached hydrogen (secondary N) is 1. The van der Waals surface area contributed by atoms with E-state index in [9.17, 15) is 27.9 Å². The molecule has 1 atom stereocenters. The van der Waals surface area contributed by atoms with Crippen molar-refractivity contribution in [2.75, 3.05) is 19.5 Å². The summed E-state index contributed by atoms with van der Waals surface area (Å²) in [5, 5.41) is 12.2. The number of likely N-dealkylation sites (N-methyl/N-ethyl adjacent to an activating group) is 1. The second-order valence-corrected chi connectivity index (χ2v) is 4.57. The van der Waals surface area contributed by atoms with Crippen LogP contribution in [0.5, 0.6) is 5.75 Å². The minimum atomic E-state index is -4.82. The summed E-state index contributed by atoms with van der Waals surface area (Å²) in [7, 11) is 2.19. The zero-order chi connectivity index (χ0) is 17.8. The molecule has 0 saturated carbocycles. The van der Waals surface area contributed by atoms with E-state index in [-0.39, 0.29) is 5.69 Å². The lowest BCUT2D eigenvalue weighted by atomic mass is 10.2. The van der Waals surface area contributed by atoms with E-state index < -0.39 is 29.8 Å². The highest BCUT2D eigenvalue weighted by atomic mass is 19.4. The molecular weight excluding hydrogens is 321 g/mol. The molecule has 23 heavy (non-hydrogen) atoms. The Labute approximate surface area is 129 Å². The molecule has 0 aromatic heterocycles. The largest absolute Gasteiger partial charge is 0.573 e. The third-order valence-corrected chi connectivity index (χ3v) is 2.87. The van der Waals surface area contributed by atoms with Crippen molar-refractivity contribution < 1.29 is 37.3 Å². The van der Waals surface area contributed by atoms with Crippen molar-refractivity contribution >= 4 is 17.7 Å². The number of urea groups is 1. The number of esters is 1. The number of carbonyl (C=O) groups is 2. The molecule has 128 valence electrons. The number of carbonyl (C=O) groups excluding carboxylic acids is 2. The van der Waals surface area contributed by atoms with Crippen molar-refractivity contribution in [3.05, 3.63) is 24.3 Å². The van der Waals surface area contributed by atoms with E-state index in [1.807, 2.05) is 0 Å². The minimum absolute atomic E-state index is 0.136. The van der Waals surface area contributed by atoms with Crippen LogP contribution in [0.15, 0.2) is 24.3 Å². The van der Waals surface area contributed by atoms with Crippen LogP contribution < -0.4 is 10.1 Å². The lowest BCUT2D eigenvalue weighted by Crippen LogP contribution is -2.54. The summed E-state index contributed by atoms with van der Waals surface area (Å²) < 4.78 is 44.1. The Kier molecular flexibility index (Phi) is 5.43. The van der Waals surface area contributed by atoms with Crippen LogP contribution in [0, 0.1) is 0 Å². The van der Waals surface area contributed by atoms with Crippen LogP contribution in [0.4, 0.5) is 23.7 Å². The Morgan fingerprint density at radius 3 is 2.17 bits per heavy atom. The third-order valence-electron chi connectivity index (χ3n) is 2.87. The van der Waals surface area contributed by atoms with Crippen molar-refractivity contribution in [3.63, 3.8) is 0 Å². The molecule has 0 aliphatic carbocycles. The molecule has 0 radical (unpaired) electrons. The summed E-state index contributed by atoms with van der Waals surface area (Å²) in [5.41, 5.74) is -2.07. The number of amides is 2. The molecule has 0 fully saturated rings. The molecule has 2 amide bonds. The Morgan fingerprint density at radius 2 is 1.74 bits per heavy atom. The monoisotopic (exact) mass is 336 g/mol. The molecule has 2 N–H and O–H groups in total. The van der Waals surface area contributed by atoms with Gasteiger partial charge in [0, 0.05) is 12.7 Å². The molecule has 7 nitrogen and oxygen atoms in total. The second-order valence-electron chi connectivity index (χ2n) is 4.57. The fourth-order valence-corrected chi connectivity index (χ4v) is 1.48. The molecule has 0 spiro atoms. The SMILES string of the molecule is COC(=O)C(C)(O)N(C)C(=O)Nc1ccc(OC(F)(F)F)cc1. The van der Waals surface area contributed by atoms with Gasteiger partial charge in [0.05, 0.1) is 7.11 Å². The number of benzene rings is 1. The number of nitrogens with zero attached hydrogens (tertiary/aromatic N) is 1. The van der Waals surface area contributed by atoms with E-state index in [4.69, 9.17) is 0 Å². The Bertz CT molecular complexity index is 572. The highest BCUT2D eigenvalue weighted by molar-refractivity contribution is 5.93. The molecule has 1 rings (SSSR count). The average molecular weight is 336 g/mol. The molecule has 0 saturated heterocycles. The highest BCUT2D eigenvalue weighted by Crippen LogP contribution is 2.24. The number of ether oxygens (including phenoxy) is 2. The van der Waals surface area contributed by atoms with Crippen LogP contribution in [0.2, 0.25) is 0 Å². The highest BCUT2D eigenvalue weighted by Gasteiger charge is 2.39. The second kappa shape index (κ2) is 6.73. The molecule has 0 aliphatic heterocycles. The molecule has 1 aromatic carbocycles. The number of hydrogen-bond acceptors (Lipinski definition) is 5. The van der Waals surface area contributed by atoms with Crippen LogP contribution in [-0.4, -0.2) is 48.3 Å². The zero-order valence-electron chi connectivity index (χ0n) is 12.5. The van der Waals surface area contributed by atoms with Crippen LogP contribution in [0.25, 0.3) is 0 Å². The number of alkyl halides is 3. The maximum atomic E-state index is 12.0. The first kappa shape index (κ1) is 18.6. The fraction of sp³-hybridized carbons (Fsp3) is 0.385.